The average molecular weight is 1990 g/mol. The fourth-order valence-electron chi connectivity index (χ4n) is 17.9. The Kier molecular flexibility index (Phi) is 25.8. The number of hydrogen-bond acceptors (Lipinski definition) is 31. The lowest BCUT2D eigenvalue weighted by molar-refractivity contribution is -0.150. The van der Waals surface area contributed by atoms with E-state index in [1.54, 1.807) is 53.6 Å². The van der Waals surface area contributed by atoms with Crippen molar-refractivity contribution in [1.29, 1.82) is 0 Å². The lowest BCUT2D eigenvalue weighted by Crippen LogP contribution is -2.60. The highest BCUT2D eigenvalue weighted by atomic mass is 32.2. The maximum Gasteiger partial charge on any atom is 0.406 e. The Morgan fingerprint density at radius 3 is 1.65 bits per heavy atom. The molecular formula is C95H111F8N27O5S4. The Morgan fingerprint density at radius 1 is 0.547 bits per heavy atom. The Hall–Kier alpha value is -13.0. The number of halogens is 8. The van der Waals surface area contributed by atoms with Crippen molar-refractivity contribution in [1.82, 2.24) is 95.2 Å². The van der Waals surface area contributed by atoms with E-state index in [2.05, 4.69) is 131 Å². The van der Waals surface area contributed by atoms with Gasteiger partial charge in [-0.25, -0.2) is 38.7 Å². The molecule has 4 saturated heterocycles. The molecule has 0 bridgehead atoms. The number of anilines is 12. The third-order valence-electron chi connectivity index (χ3n) is 25.4. The van der Waals surface area contributed by atoms with Crippen molar-refractivity contribution in [2.45, 2.75) is 180 Å². The molecule has 9 N–H and O–H groups in total. The van der Waals surface area contributed by atoms with Crippen LogP contribution >= 0.6 is 46.2 Å². The predicted molar refractivity (Wildman–Crippen MR) is 529 cm³/mol. The normalized spacial score (nSPS) is 18.7. The maximum atomic E-state index is 15.0. The maximum absolute atomic E-state index is 15.0. The number of carbonyl (C=O) groups is 2. The molecule has 0 atom stereocenters. The first-order valence-electron chi connectivity index (χ1n) is 45.8. The number of thiazole rings is 2. The van der Waals surface area contributed by atoms with Crippen LogP contribution in [0.2, 0.25) is 0 Å². The summed E-state index contributed by atoms with van der Waals surface area (Å²) < 4.78 is 118. The third kappa shape index (κ3) is 22.9. The van der Waals surface area contributed by atoms with E-state index in [0.717, 1.165) is 156 Å². The van der Waals surface area contributed by atoms with E-state index in [1.165, 1.54) is 79.4 Å². The van der Waals surface area contributed by atoms with Crippen LogP contribution in [-0.2, 0) is 11.3 Å². The van der Waals surface area contributed by atoms with Crippen LogP contribution in [0.25, 0.3) is 21.1 Å². The molecule has 139 heavy (non-hydrogen) atoms. The average Bonchev–Trinajstić information content (AvgIpc) is 1.59. The highest BCUT2D eigenvalue weighted by molar-refractivity contribution is 7.99. The van der Waals surface area contributed by atoms with E-state index in [1.807, 2.05) is 106 Å². The largest absolute Gasteiger partial charge is 0.424 e. The zero-order chi connectivity index (χ0) is 96.4. The molecule has 5 aliphatic heterocycles. The van der Waals surface area contributed by atoms with Crippen molar-refractivity contribution < 1.29 is 69.3 Å². The van der Waals surface area contributed by atoms with Crippen molar-refractivity contribution in [3.63, 3.8) is 0 Å². The molecule has 23 rings (SSSR count). The number of hydrogen-bond donors (Lipinski definition) is 9. The quantitative estimate of drug-likeness (QED) is 0.0170. The van der Waals surface area contributed by atoms with Crippen LogP contribution in [0.5, 0.6) is 23.5 Å². The van der Waals surface area contributed by atoms with Crippen LogP contribution in [-0.4, -0.2) is 206 Å². The number of alkyl halides is 8. The number of aromatic nitrogens is 17. The zero-order valence-electron chi connectivity index (χ0n) is 76.2. The van der Waals surface area contributed by atoms with Gasteiger partial charge in [0.05, 0.1) is 58.2 Å². The molecule has 2 amide bonds. The minimum atomic E-state index is -4.59. The minimum Gasteiger partial charge on any atom is -0.424 e. The number of likely N-dealkylation sites (tertiary alicyclic amines) is 1. The lowest BCUT2D eigenvalue weighted by Gasteiger charge is -2.45. The van der Waals surface area contributed by atoms with E-state index < -0.39 is 54.1 Å². The van der Waals surface area contributed by atoms with Gasteiger partial charge in [-0.05, 0) is 245 Å². The Labute approximate surface area is 818 Å². The summed E-state index contributed by atoms with van der Waals surface area (Å²) in [7, 11) is 0. The molecule has 32 nitrogen and oxygen atoms in total. The molecule has 0 radical (unpaired) electrons. The zero-order valence-corrected chi connectivity index (χ0v) is 79.5. The van der Waals surface area contributed by atoms with Gasteiger partial charge in [0.15, 0.2) is 32.9 Å². The van der Waals surface area contributed by atoms with Crippen LogP contribution in [0.4, 0.5) is 104 Å². The molecule has 15 heterocycles. The number of fused-ring (bicyclic) bond motifs is 3. The monoisotopic (exact) mass is 1990 g/mol. The molecule has 4 saturated carbocycles. The van der Waals surface area contributed by atoms with Crippen LogP contribution in [0.1, 0.15) is 141 Å². The van der Waals surface area contributed by atoms with Gasteiger partial charge in [0.2, 0.25) is 5.91 Å². The van der Waals surface area contributed by atoms with Gasteiger partial charge in [0.25, 0.3) is 5.91 Å². The topological polar surface area (TPSA) is 377 Å². The molecule has 0 unspecified atom stereocenters. The SMILES string of the molecule is Cc1cc(Nc2cc(C3CC(O)(C4CC4)C3)nc(Oc3ccc4nc(C)sc4c3)n2)n[nH]1.Cc1cc(Nc2cc(N3CC(F)(C4CC4)C3)nc(Sc3ccc4c(c3)CN(CC(F)(F)F)C4=O)n2)n[nH]1.Cc1ccc2cc(Sc3nc(Nc4cc(C)[nH]n4)cc(N4CC(N5CCCC5)C4)n3)ccc2n1.Cc1cnc(Nc2cc(N3CC(F)(C4CC4)C3)nc(Oc3ccc(NC(=O)CC(F)(F)F)cc3)n2)s1.[HH].[HH].[HH].[HH].[HH].[HH].[HH]. The number of aryl methyl sites for hydroxylation is 6. The first-order chi connectivity index (χ1) is 66.6. The summed E-state index contributed by atoms with van der Waals surface area (Å²) >= 11 is 5.87. The van der Waals surface area contributed by atoms with E-state index in [-0.39, 0.29) is 83.7 Å². The van der Waals surface area contributed by atoms with E-state index >= 15 is 0 Å². The van der Waals surface area contributed by atoms with Gasteiger partial charge in [-0.1, -0.05) is 6.07 Å². The minimum absolute atomic E-state index is 0. The summed E-state index contributed by atoms with van der Waals surface area (Å²) in [5.74, 6) is 6.37. The Bertz CT molecular complexity index is 6920. The van der Waals surface area contributed by atoms with Gasteiger partial charge in [-0.15, -0.1) is 22.7 Å². The molecule has 9 aliphatic rings. The number of rotatable bonds is 27. The van der Waals surface area contributed by atoms with Crippen molar-refractivity contribution >= 4 is 148 Å². The molecule has 14 aromatic rings. The summed E-state index contributed by atoms with van der Waals surface area (Å²) in [5.41, 5.74) is 4.76. The Balaban J connectivity index is 0.000000160. The van der Waals surface area contributed by atoms with Gasteiger partial charge < -0.3 is 60.8 Å². The highest BCUT2D eigenvalue weighted by Gasteiger charge is 2.57. The number of aliphatic hydroxyl groups is 1. The smallest absolute Gasteiger partial charge is 0.406 e. The van der Waals surface area contributed by atoms with Gasteiger partial charge in [0.1, 0.15) is 76.5 Å². The number of amides is 2. The molecule has 0 spiro atoms. The molecular weight excluding hydrogens is 1880 g/mol. The van der Waals surface area contributed by atoms with Crippen molar-refractivity contribution in [2.24, 2.45) is 17.8 Å². The van der Waals surface area contributed by atoms with Gasteiger partial charge in [-0.2, -0.15) is 61.6 Å². The second kappa shape index (κ2) is 38.3. The van der Waals surface area contributed by atoms with Crippen LogP contribution in [0.15, 0.2) is 160 Å². The number of carbonyl (C=O) groups excluding carboxylic acids is 2. The Morgan fingerprint density at radius 2 is 1.09 bits per heavy atom. The summed E-state index contributed by atoms with van der Waals surface area (Å²) in [6, 6.07) is 41.0. The third-order valence-corrected chi connectivity index (χ3v) is 28.8. The summed E-state index contributed by atoms with van der Waals surface area (Å²) in [6.07, 6.45) is 1.14. The van der Waals surface area contributed by atoms with Crippen LogP contribution in [0.3, 0.4) is 0 Å². The van der Waals surface area contributed by atoms with E-state index in [0.29, 0.717) is 84.9 Å². The molecule has 10 aromatic heterocycles. The second-order valence-corrected chi connectivity index (χ2v) is 41.4. The number of benzene rings is 4. The second-order valence-electron chi connectivity index (χ2n) is 36.9. The van der Waals surface area contributed by atoms with Crippen LogP contribution < -0.4 is 50.8 Å². The van der Waals surface area contributed by atoms with E-state index in [9.17, 15) is 49.8 Å². The first kappa shape index (κ1) is 93.6. The first-order valence-corrected chi connectivity index (χ1v) is 49.0. The molecule has 8 fully saturated rings. The number of H-pyrrole nitrogens is 3. The summed E-state index contributed by atoms with van der Waals surface area (Å²) in [5, 5.41) is 51.2. The molecule has 736 valence electrons. The standard InChI is InChI=1S/C25H28N8S.C24H23F4N7OS.C23H22F4N6O2S.C23H24N6O2S.7H2/c1-16-5-6-18-12-20(7-8-21(18)26-16)34-25-28-22(27-23-11-17(2)30-31-23)13-24(29-25)33-14-19(15-33)32-9-3-4-10-32;1-13-6-19(33-32-13)29-18-8-20(35-10-23(25,11-35)15-2-3-15)31-22(30-18)37-16-4-5-17-14(7-16)9-34(21(17)36)12-24(26,27)28;1-13-10-28-21(36-13)31-17-8-18(33-11-22(24,12-33)14-2-3-14)32-20(30-17)35-16-6-4-15(5-7-16)29-19(34)9-23(25,26)27;1-12-7-21(29-28-12)26-20-9-18(14-10-23(30,11-14)15-3-4-15)25-22(27-20)31-16-5-6-17-19(8-16)32-13(2)24-17;;;;;;;/h5-8,11-13,19H,3-4,9-10,14-15H2,1-2H3,(H2,27,28,29,30,31);4-8,15H,2-3,9-12H2,1H3,(H2,29,30,31,32,33);4-8,10,14H,2-3,9,11-12H2,1H3,(H,29,34)(H,28,30,31,32);5-9,14-15,30H,3-4,10-11H2,1-2H3,(H2,25,26,27,28,29);7*1H. The fourth-order valence-corrected chi connectivity index (χ4v) is 21.0. The number of ether oxygens (including phenoxy) is 2. The van der Waals surface area contributed by atoms with Gasteiger partial charge in [0, 0.05) is 150 Å². The van der Waals surface area contributed by atoms with Crippen molar-refractivity contribution in [3.8, 4) is 23.5 Å². The van der Waals surface area contributed by atoms with Gasteiger partial charge in [-0.3, -0.25) is 34.8 Å². The highest BCUT2D eigenvalue weighted by Crippen LogP contribution is 2.57. The molecule has 44 heteroatoms. The summed E-state index contributed by atoms with van der Waals surface area (Å²) in [6.45, 7) is 15.9. The number of nitrogens with zero attached hydrogens (tertiary/aromatic N) is 19. The van der Waals surface area contributed by atoms with Crippen LogP contribution in [0, 0.1) is 59.3 Å². The summed E-state index contributed by atoms with van der Waals surface area (Å²) in [4.78, 5) is 86.5. The molecule has 4 aromatic carbocycles. The number of nitrogens with one attached hydrogen (secondary N) is 8. The lowest BCUT2D eigenvalue weighted by atomic mass is 9.67. The van der Waals surface area contributed by atoms with Gasteiger partial charge >= 0.3 is 24.4 Å². The van der Waals surface area contributed by atoms with Crippen molar-refractivity contribution in [3.05, 3.63) is 189 Å². The predicted octanol–water partition coefficient (Wildman–Crippen LogP) is 21.7. The number of pyridine rings is 1. The number of aromatic amines is 3. The van der Waals surface area contributed by atoms with Crippen molar-refractivity contribution in [2.75, 3.05) is 100 Å². The van der Waals surface area contributed by atoms with E-state index in [4.69, 9.17) is 24.4 Å². The molecule has 4 aliphatic carbocycles. The fraction of sp³-hybridized carbons (Fsp3) is 0.389.